The molecule has 7 heteroatoms. The van der Waals surface area contributed by atoms with Gasteiger partial charge < -0.3 is 9.52 Å². The highest BCUT2D eigenvalue weighted by Crippen LogP contribution is 2.32. The summed E-state index contributed by atoms with van der Waals surface area (Å²) < 4.78 is 43.1. The molecule has 0 spiro atoms. The van der Waals surface area contributed by atoms with Crippen LogP contribution >= 0.6 is 0 Å². The lowest BCUT2D eigenvalue weighted by Crippen LogP contribution is -2.09. The zero-order valence-corrected chi connectivity index (χ0v) is 9.44. The molecule has 19 heavy (non-hydrogen) atoms. The van der Waals surface area contributed by atoms with Gasteiger partial charge in [-0.1, -0.05) is 18.2 Å². The molecule has 1 heterocycles. The zero-order chi connectivity index (χ0) is 14.0. The molecule has 0 amide bonds. The lowest BCUT2D eigenvalue weighted by molar-refractivity contribution is -0.138. The van der Waals surface area contributed by atoms with Crippen molar-refractivity contribution in [1.29, 1.82) is 0 Å². The van der Waals surface area contributed by atoms with Crippen molar-refractivity contribution in [3.05, 3.63) is 53.2 Å². The second-order valence-electron chi connectivity index (χ2n) is 3.76. The number of aromatic nitrogens is 1. The van der Waals surface area contributed by atoms with Crippen molar-refractivity contribution in [2.75, 3.05) is 0 Å². The van der Waals surface area contributed by atoms with Crippen molar-refractivity contribution in [2.24, 2.45) is 0 Å². The number of carboxylic acids is 1. The standard InChI is InChI=1S/C12H8F3NO3/c13-12(14,15)8-4-2-1-3-7(8)5-10-16-6-9(19-10)11(17)18/h1-4,6H,5H2,(H,17,18). The largest absolute Gasteiger partial charge is 0.475 e. The number of rotatable bonds is 3. The molecule has 0 radical (unpaired) electrons. The quantitative estimate of drug-likeness (QED) is 0.932. The maximum Gasteiger partial charge on any atom is 0.416 e. The molecular weight excluding hydrogens is 263 g/mol. The third kappa shape index (κ3) is 2.93. The van der Waals surface area contributed by atoms with Crippen molar-refractivity contribution < 1.29 is 27.5 Å². The average molecular weight is 271 g/mol. The van der Waals surface area contributed by atoms with Crippen molar-refractivity contribution in [3.63, 3.8) is 0 Å². The van der Waals surface area contributed by atoms with Crippen molar-refractivity contribution in [3.8, 4) is 0 Å². The van der Waals surface area contributed by atoms with Crippen LogP contribution in [0.4, 0.5) is 13.2 Å². The first-order chi connectivity index (χ1) is 8.88. The van der Waals surface area contributed by atoms with E-state index in [0.717, 1.165) is 12.3 Å². The van der Waals surface area contributed by atoms with Crippen molar-refractivity contribution in [1.82, 2.24) is 4.98 Å². The van der Waals surface area contributed by atoms with Crippen LogP contribution < -0.4 is 0 Å². The number of benzene rings is 1. The number of hydrogen-bond acceptors (Lipinski definition) is 3. The van der Waals surface area contributed by atoms with Gasteiger partial charge in [-0.3, -0.25) is 0 Å². The SMILES string of the molecule is O=C(O)c1cnc(Cc2ccccc2C(F)(F)F)o1. The zero-order valence-electron chi connectivity index (χ0n) is 9.44. The summed E-state index contributed by atoms with van der Waals surface area (Å²) in [4.78, 5) is 14.2. The van der Waals surface area contributed by atoms with E-state index in [1.54, 1.807) is 0 Å². The van der Waals surface area contributed by atoms with Gasteiger partial charge in [0, 0.05) is 6.42 Å². The van der Waals surface area contributed by atoms with Crippen LogP contribution in [0.3, 0.4) is 0 Å². The molecule has 0 bridgehead atoms. The summed E-state index contributed by atoms with van der Waals surface area (Å²) in [5.41, 5.74) is -0.807. The fourth-order valence-electron chi connectivity index (χ4n) is 1.60. The van der Waals surface area contributed by atoms with E-state index in [1.165, 1.54) is 18.2 Å². The van der Waals surface area contributed by atoms with Gasteiger partial charge in [-0.2, -0.15) is 13.2 Å². The van der Waals surface area contributed by atoms with Crippen LogP contribution in [0.2, 0.25) is 0 Å². The van der Waals surface area contributed by atoms with Gasteiger partial charge in [-0.15, -0.1) is 0 Å². The average Bonchev–Trinajstić information content (AvgIpc) is 2.77. The highest BCUT2D eigenvalue weighted by Gasteiger charge is 2.33. The highest BCUT2D eigenvalue weighted by molar-refractivity contribution is 5.83. The molecule has 0 atom stereocenters. The summed E-state index contributed by atoms with van der Waals surface area (Å²) >= 11 is 0. The second kappa shape index (κ2) is 4.75. The summed E-state index contributed by atoms with van der Waals surface area (Å²) in [6.07, 6.45) is -3.73. The topological polar surface area (TPSA) is 63.3 Å². The molecule has 100 valence electrons. The van der Waals surface area contributed by atoms with Gasteiger partial charge in [0.15, 0.2) is 5.89 Å². The third-order valence-corrected chi connectivity index (χ3v) is 2.43. The fraction of sp³-hybridized carbons (Fsp3) is 0.167. The maximum absolute atomic E-state index is 12.7. The van der Waals surface area contributed by atoms with Crippen LogP contribution in [0.5, 0.6) is 0 Å². The van der Waals surface area contributed by atoms with Gasteiger partial charge >= 0.3 is 12.1 Å². The minimum atomic E-state index is -4.47. The fourth-order valence-corrected chi connectivity index (χ4v) is 1.60. The number of oxazole rings is 1. The van der Waals surface area contributed by atoms with E-state index in [4.69, 9.17) is 9.52 Å². The Kier molecular flexibility index (Phi) is 3.28. The number of hydrogen-bond donors (Lipinski definition) is 1. The third-order valence-electron chi connectivity index (χ3n) is 2.43. The molecule has 4 nitrogen and oxygen atoms in total. The van der Waals surface area contributed by atoms with Gasteiger partial charge in [0.25, 0.3) is 0 Å². The Bertz CT molecular complexity index is 604. The highest BCUT2D eigenvalue weighted by atomic mass is 19.4. The summed E-state index contributed by atoms with van der Waals surface area (Å²) in [6, 6.07) is 5.00. The molecule has 1 aromatic heterocycles. The molecule has 2 aromatic rings. The maximum atomic E-state index is 12.7. The Morgan fingerprint density at radius 1 is 1.32 bits per heavy atom. The van der Waals surface area contributed by atoms with E-state index in [-0.39, 0.29) is 17.9 Å². The molecule has 0 aliphatic heterocycles. The Balaban J connectivity index is 2.30. The van der Waals surface area contributed by atoms with E-state index < -0.39 is 23.5 Å². The van der Waals surface area contributed by atoms with E-state index >= 15 is 0 Å². The monoisotopic (exact) mass is 271 g/mol. The van der Waals surface area contributed by atoms with E-state index in [9.17, 15) is 18.0 Å². The van der Waals surface area contributed by atoms with Gasteiger partial charge in [0.05, 0.1) is 11.8 Å². The van der Waals surface area contributed by atoms with E-state index in [1.807, 2.05) is 0 Å². The number of aromatic carboxylic acids is 1. The van der Waals surface area contributed by atoms with Gasteiger partial charge in [0.2, 0.25) is 5.76 Å². The van der Waals surface area contributed by atoms with Gasteiger partial charge in [-0.05, 0) is 11.6 Å². The predicted octanol–water partition coefficient (Wildman–Crippen LogP) is 2.98. The van der Waals surface area contributed by atoms with Crippen LogP contribution in [-0.4, -0.2) is 16.1 Å². The lowest BCUT2D eigenvalue weighted by Gasteiger charge is -2.10. The van der Waals surface area contributed by atoms with Gasteiger partial charge in [0.1, 0.15) is 0 Å². The number of nitrogens with zero attached hydrogens (tertiary/aromatic N) is 1. The minimum absolute atomic E-state index is 0.0196. The molecule has 1 N–H and O–H groups in total. The van der Waals surface area contributed by atoms with Crippen LogP contribution in [0.25, 0.3) is 0 Å². The molecule has 0 aliphatic carbocycles. The first-order valence-electron chi connectivity index (χ1n) is 5.21. The number of carbonyl (C=O) groups is 1. The normalized spacial score (nSPS) is 11.5. The molecule has 1 aromatic carbocycles. The molecule has 0 unspecified atom stereocenters. The number of carboxylic acid groups (broad SMARTS) is 1. The predicted molar refractivity (Wildman–Crippen MR) is 57.7 cm³/mol. The van der Waals surface area contributed by atoms with Crippen molar-refractivity contribution >= 4 is 5.97 Å². The number of halogens is 3. The summed E-state index contributed by atoms with van der Waals surface area (Å²) in [7, 11) is 0. The Hall–Kier alpha value is -2.31. The van der Waals surface area contributed by atoms with Gasteiger partial charge in [-0.25, -0.2) is 9.78 Å². The smallest absolute Gasteiger partial charge is 0.416 e. The molecule has 0 saturated carbocycles. The molecule has 0 aliphatic rings. The summed E-state index contributed by atoms with van der Waals surface area (Å²) in [6.45, 7) is 0. The van der Waals surface area contributed by atoms with E-state index in [2.05, 4.69) is 4.98 Å². The molecular formula is C12H8F3NO3. The Morgan fingerprint density at radius 3 is 2.58 bits per heavy atom. The van der Waals surface area contributed by atoms with Crippen molar-refractivity contribution in [2.45, 2.75) is 12.6 Å². The molecule has 2 rings (SSSR count). The molecule has 0 fully saturated rings. The van der Waals surface area contributed by atoms with Crippen LogP contribution in [0, 0.1) is 0 Å². The Labute approximate surface area is 105 Å². The first-order valence-corrected chi connectivity index (χ1v) is 5.21. The number of alkyl halides is 3. The van der Waals surface area contributed by atoms with Crippen LogP contribution in [0.1, 0.15) is 27.6 Å². The minimum Gasteiger partial charge on any atom is -0.475 e. The van der Waals surface area contributed by atoms with Crippen LogP contribution in [-0.2, 0) is 12.6 Å². The second-order valence-corrected chi connectivity index (χ2v) is 3.76. The summed E-state index contributed by atoms with van der Waals surface area (Å²) in [5, 5.41) is 8.63. The van der Waals surface area contributed by atoms with Crippen LogP contribution in [0.15, 0.2) is 34.9 Å². The summed E-state index contributed by atoms with van der Waals surface area (Å²) in [5.74, 6) is -1.79. The first kappa shape index (κ1) is 13.1. The lowest BCUT2D eigenvalue weighted by atomic mass is 10.0. The van der Waals surface area contributed by atoms with E-state index in [0.29, 0.717) is 0 Å². The molecule has 0 saturated heterocycles. The Morgan fingerprint density at radius 2 is 2.00 bits per heavy atom.